The molecule has 0 aliphatic heterocycles. The van der Waals surface area contributed by atoms with E-state index in [1.165, 1.54) is 0 Å². The van der Waals surface area contributed by atoms with E-state index in [4.69, 9.17) is 0 Å². The van der Waals surface area contributed by atoms with Gasteiger partial charge in [0.2, 0.25) is 0 Å². The minimum Gasteiger partial charge on any atom is -0.206 e. The van der Waals surface area contributed by atoms with E-state index >= 15 is 0 Å². The van der Waals surface area contributed by atoms with Gasteiger partial charge in [0.25, 0.3) is 5.92 Å². The van der Waals surface area contributed by atoms with Gasteiger partial charge >= 0.3 is 0 Å². The molecular formula is C11H14F2. The third-order valence-electron chi connectivity index (χ3n) is 2.02. The fraction of sp³-hybridized carbons (Fsp3) is 0.455. The second-order valence-electron chi connectivity index (χ2n) is 2.98. The zero-order valence-electron chi connectivity index (χ0n) is 7.98. The Balaban J connectivity index is 0.000000396. The monoisotopic (exact) mass is 184 g/mol. The molecule has 1 aromatic rings. The first-order valence-corrected chi connectivity index (χ1v) is 4.62. The minimum absolute atomic E-state index is 0.0802. The van der Waals surface area contributed by atoms with Crippen molar-refractivity contribution in [3.05, 3.63) is 35.4 Å². The van der Waals surface area contributed by atoms with E-state index in [0.717, 1.165) is 11.1 Å². The highest BCUT2D eigenvalue weighted by atomic mass is 19.3. The van der Waals surface area contributed by atoms with Gasteiger partial charge < -0.3 is 0 Å². The molecule has 0 saturated carbocycles. The fourth-order valence-corrected chi connectivity index (χ4v) is 1.52. The van der Waals surface area contributed by atoms with Gasteiger partial charge in [0, 0.05) is 12.8 Å². The molecular weight excluding hydrogens is 170 g/mol. The molecule has 0 aromatic heterocycles. The molecule has 0 atom stereocenters. The Hall–Kier alpha value is -0.920. The quantitative estimate of drug-likeness (QED) is 0.579. The smallest absolute Gasteiger partial charge is 0.206 e. The molecule has 0 heterocycles. The van der Waals surface area contributed by atoms with Crippen molar-refractivity contribution >= 4 is 0 Å². The van der Waals surface area contributed by atoms with Crippen LogP contribution in [0.3, 0.4) is 0 Å². The van der Waals surface area contributed by atoms with Gasteiger partial charge in [-0.2, -0.15) is 0 Å². The summed E-state index contributed by atoms with van der Waals surface area (Å²) >= 11 is 0. The highest BCUT2D eigenvalue weighted by molar-refractivity contribution is 5.33. The lowest BCUT2D eigenvalue weighted by Crippen LogP contribution is -2.14. The van der Waals surface area contributed by atoms with Crippen LogP contribution in [0.4, 0.5) is 8.78 Å². The molecule has 1 aromatic carbocycles. The van der Waals surface area contributed by atoms with Crippen molar-refractivity contribution in [2.75, 3.05) is 0 Å². The minimum atomic E-state index is -2.50. The molecule has 2 rings (SSSR count). The zero-order valence-corrected chi connectivity index (χ0v) is 7.98. The summed E-state index contributed by atoms with van der Waals surface area (Å²) in [5.74, 6) is -2.50. The molecule has 0 spiro atoms. The first kappa shape index (κ1) is 10.2. The van der Waals surface area contributed by atoms with E-state index in [-0.39, 0.29) is 12.8 Å². The van der Waals surface area contributed by atoms with Crippen LogP contribution in [-0.4, -0.2) is 5.92 Å². The largest absolute Gasteiger partial charge is 0.256 e. The number of halogens is 2. The van der Waals surface area contributed by atoms with Crippen LogP contribution >= 0.6 is 0 Å². The molecule has 72 valence electrons. The molecule has 13 heavy (non-hydrogen) atoms. The summed E-state index contributed by atoms with van der Waals surface area (Å²) in [6, 6.07) is 7.16. The molecule has 1 aliphatic rings. The van der Waals surface area contributed by atoms with Crippen molar-refractivity contribution in [1.29, 1.82) is 0 Å². The number of hydrogen-bond acceptors (Lipinski definition) is 0. The standard InChI is InChI=1S/C9H8F2.C2H6/c10-9(11)5-7-3-1-2-4-8(7)6-9;1-2/h1-4H,5-6H2;1-2H3. The second kappa shape index (κ2) is 3.86. The van der Waals surface area contributed by atoms with Crippen LogP contribution in [-0.2, 0) is 12.8 Å². The van der Waals surface area contributed by atoms with Crippen LogP contribution in [0.2, 0.25) is 0 Å². The van der Waals surface area contributed by atoms with Crippen molar-refractivity contribution in [2.24, 2.45) is 0 Å². The fourth-order valence-electron chi connectivity index (χ4n) is 1.52. The molecule has 0 amide bonds. The Morgan fingerprint density at radius 2 is 1.38 bits per heavy atom. The number of fused-ring (bicyclic) bond motifs is 1. The first-order valence-electron chi connectivity index (χ1n) is 4.62. The van der Waals surface area contributed by atoms with E-state index in [9.17, 15) is 8.78 Å². The summed E-state index contributed by atoms with van der Waals surface area (Å²) in [7, 11) is 0. The number of rotatable bonds is 0. The van der Waals surface area contributed by atoms with Crippen molar-refractivity contribution in [1.82, 2.24) is 0 Å². The number of hydrogen-bond donors (Lipinski definition) is 0. The Labute approximate surface area is 77.6 Å². The SMILES string of the molecule is CC.FC1(F)Cc2ccccc2C1. The van der Waals surface area contributed by atoms with E-state index in [0.29, 0.717) is 0 Å². The molecule has 0 saturated heterocycles. The Morgan fingerprint density at radius 3 is 1.77 bits per heavy atom. The van der Waals surface area contributed by atoms with Gasteiger partial charge in [-0.1, -0.05) is 38.1 Å². The molecule has 2 heteroatoms. The van der Waals surface area contributed by atoms with Gasteiger partial charge in [0.05, 0.1) is 0 Å². The topological polar surface area (TPSA) is 0 Å². The highest BCUT2D eigenvalue weighted by Crippen LogP contribution is 2.33. The van der Waals surface area contributed by atoms with Crippen molar-refractivity contribution in [2.45, 2.75) is 32.6 Å². The lowest BCUT2D eigenvalue weighted by Gasteiger charge is -2.04. The highest BCUT2D eigenvalue weighted by Gasteiger charge is 2.36. The summed E-state index contributed by atoms with van der Waals surface area (Å²) in [6.45, 7) is 4.00. The average molecular weight is 184 g/mol. The Morgan fingerprint density at radius 1 is 1.00 bits per heavy atom. The predicted molar refractivity (Wildman–Crippen MR) is 50.1 cm³/mol. The number of alkyl halides is 2. The van der Waals surface area contributed by atoms with Crippen LogP contribution in [0.1, 0.15) is 25.0 Å². The summed E-state index contributed by atoms with van der Waals surface area (Å²) in [4.78, 5) is 0. The normalized spacial score (nSPS) is 17.2. The lowest BCUT2D eigenvalue weighted by molar-refractivity contribution is 0.0130. The number of benzene rings is 1. The summed E-state index contributed by atoms with van der Waals surface area (Å²) < 4.78 is 25.5. The second-order valence-corrected chi connectivity index (χ2v) is 2.98. The van der Waals surface area contributed by atoms with Gasteiger partial charge in [-0.05, 0) is 11.1 Å². The predicted octanol–water partition coefficient (Wildman–Crippen LogP) is 3.45. The van der Waals surface area contributed by atoms with Crippen LogP contribution in [0.5, 0.6) is 0 Å². The van der Waals surface area contributed by atoms with Gasteiger partial charge in [-0.15, -0.1) is 0 Å². The molecule has 0 radical (unpaired) electrons. The van der Waals surface area contributed by atoms with Crippen molar-refractivity contribution in [3.63, 3.8) is 0 Å². The van der Waals surface area contributed by atoms with Crippen molar-refractivity contribution in [3.8, 4) is 0 Å². The van der Waals surface area contributed by atoms with Crippen LogP contribution in [0, 0.1) is 0 Å². The maximum absolute atomic E-state index is 12.7. The lowest BCUT2D eigenvalue weighted by atomic mass is 10.1. The molecule has 0 fully saturated rings. The molecule has 1 aliphatic carbocycles. The third kappa shape index (κ3) is 2.27. The van der Waals surface area contributed by atoms with E-state index in [2.05, 4.69) is 0 Å². The zero-order chi connectivity index (χ0) is 9.90. The van der Waals surface area contributed by atoms with Gasteiger partial charge in [0.15, 0.2) is 0 Å². The average Bonchev–Trinajstić information content (AvgIpc) is 2.41. The van der Waals surface area contributed by atoms with Gasteiger partial charge in [0.1, 0.15) is 0 Å². The molecule has 0 bridgehead atoms. The molecule has 0 N–H and O–H groups in total. The summed E-state index contributed by atoms with van der Waals surface area (Å²) in [6.07, 6.45) is -0.160. The molecule has 0 nitrogen and oxygen atoms in total. The maximum Gasteiger partial charge on any atom is 0.256 e. The first-order chi connectivity index (χ1) is 6.17. The Kier molecular flexibility index (Phi) is 3.02. The van der Waals surface area contributed by atoms with Gasteiger partial charge in [-0.3, -0.25) is 0 Å². The summed E-state index contributed by atoms with van der Waals surface area (Å²) in [5, 5.41) is 0. The van der Waals surface area contributed by atoms with Crippen LogP contribution < -0.4 is 0 Å². The molecule has 0 unspecified atom stereocenters. The van der Waals surface area contributed by atoms with Gasteiger partial charge in [-0.25, -0.2) is 8.78 Å². The van der Waals surface area contributed by atoms with Crippen LogP contribution in [0.15, 0.2) is 24.3 Å². The Bertz CT molecular complexity index is 252. The maximum atomic E-state index is 12.7. The van der Waals surface area contributed by atoms with E-state index in [1.54, 1.807) is 24.3 Å². The van der Waals surface area contributed by atoms with E-state index < -0.39 is 5.92 Å². The van der Waals surface area contributed by atoms with Crippen LogP contribution in [0.25, 0.3) is 0 Å². The summed E-state index contributed by atoms with van der Waals surface area (Å²) in [5.41, 5.74) is 1.61. The van der Waals surface area contributed by atoms with E-state index in [1.807, 2.05) is 13.8 Å². The third-order valence-corrected chi connectivity index (χ3v) is 2.02. The van der Waals surface area contributed by atoms with Crippen molar-refractivity contribution < 1.29 is 8.78 Å².